The van der Waals surface area contributed by atoms with Crippen molar-refractivity contribution in [1.82, 2.24) is 5.32 Å². The Morgan fingerprint density at radius 3 is 2.46 bits per heavy atom. The summed E-state index contributed by atoms with van der Waals surface area (Å²) in [6, 6.07) is 9.29. The van der Waals surface area contributed by atoms with Crippen LogP contribution in [0.4, 0.5) is 0 Å². The van der Waals surface area contributed by atoms with Gasteiger partial charge in [0, 0.05) is 11.4 Å². The first-order chi connectivity index (χ1) is 12.3. The Kier molecular flexibility index (Phi) is 5.82. The third-order valence-corrected chi connectivity index (χ3v) is 7.22. The van der Waals surface area contributed by atoms with Crippen LogP contribution in [0.3, 0.4) is 0 Å². The van der Waals surface area contributed by atoms with Gasteiger partial charge in [-0.3, -0.25) is 4.79 Å². The molecule has 138 valence electrons. The number of amides is 1. The van der Waals surface area contributed by atoms with E-state index in [2.05, 4.69) is 5.32 Å². The maximum atomic E-state index is 12.3. The third kappa shape index (κ3) is 4.17. The minimum Gasteiger partial charge on any atom is -0.349 e. The van der Waals surface area contributed by atoms with Gasteiger partial charge in [0.1, 0.15) is 0 Å². The van der Waals surface area contributed by atoms with E-state index in [0.717, 1.165) is 17.5 Å². The van der Waals surface area contributed by atoms with Gasteiger partial charge in [-0.15, -0.1) is 0 Å². The molecule has 1 unspecified atom stereocenters. The molecule has 0 saturated carbocycles. The van der Waals surface area contributed by atoms with E-state index in [1.54, 1.807) is 6.07 Å². The summed E-state index contributed by atoms with van der Waals surface area (Å²) in [5.74, 6) is -0.576. The topological polar surface area (TPSA) is 63.2 Å². The monoisotopic (exact) mass is 431 g/mol. The van der Waals surface area contributed by atoms with Crippen LogP contribution in [-0.4, -0.2) is 20.1 Å². The van der Waals surface area contributed by atoms with E-state index in [4.69, 9.17) is 34.8 Å². The van der Waals surface area contributed by atoms with Gasteiger partial charge in [0.15, 0.2) is 9.84 Å². The molecule has 0 aromatic heterocycles. The summed E-state index contributed by atoms with van der Waals surface area (Å²) >= 11 is 18.0. The number of nitrogens with one attached hydrogen (secondary N) is 1. The van der Waals surface area contributed by atoms with Gasteiger partial charge in [0.2, 0.25) is 5.91 Å². The predicted molar refractivity (Wildman–Crippen MR) is 104 cm³/mol. The molecular formula is C18H16Cl3NO3S. The Morgan fingerprint density at radius 1 is 1.08 bits per heavy atom. The van der Waals surface area contributed by atoms with Crippen LogP contribution in [0.2, 0.25) is 15.1 Å². The Labute approximate surface area is 167 Å². The molecule has 1 aliphatic rings. The molecule has 1 N–H and O–H groups in total. The molecule has 0 bridgehead atoms. The zero-order valence-corrected chi connectivity index (χ0v) is 16.7. The molecule has 0 aliphatic heterocycles. The van der Waals surface area contributed by atoms with Crippen LogP contribution in [0.5, 0.6) is 0 Å². The van der Waals surface area contributed by atoms with Crippen LogP contribution >= 0.6 is 34.8 Å². The van der Waals surface area contributed by atoms with E-state index in [1.165, 1.54) is 24.3 Å². The molecule has 4 nitrogen and oxygen atoms in total. The van der Waals surface area contributed by atoms with Gasteiger partial charge >= 0.3 is 0 Å². The lowest BCUT2D eigenvalue weighted by atomic mass is 10.1. The van der Waals surface area contributed by atoms with Gasteiger partial charge in [-0.05, 0) is 54.3 Å². The molecule has 1 aliphatic carbocycles. The van der Waals surface area contributed by atoms with E-state index < -0.39 is 9.84 Å². The summed E-state index contributed by atoms with van der Waals surface area (Å²) in [6.45, 7) is 0. The summed E-state index contributed by atoms with van der Waals surface area (Å²) < 4.78 is 24.6. The number of rotatable bonds is 5. The normalized spacial score (nSPS) is 16.3. The molecule has 8 heteroatoms. The fourth-order valence-electron chi connectivity index (χ4n) is 3.04. The second-order valence-corrected chi connectivity index (χ2v) is 9.44. The molecule has 1 amide bonds. The minimum atomic E-state index is -3.54. The van der Waals surface area contributed by atoms with Crippen molar-refractivity contribution in [2.75, 3.05) is 5.75 Å². The van der Waals surface area contributed by atoms with Gasteiger partial charge in [0.25, 0.3) is 0 Å². The maximum absolute atomic E-state index is 12.3. The number of halogens is 3. The summed E-state index contributed by atoms with van der Waals surface area (Å²) in [7, 11) is -3.54. The molecule has 26 heavy (non-hydrogen) atoms. The van der Waals surface area contributed by atoms with Gasteiger partial charge in [-0.25, -0.2) is 8.42 Å². The van der Waals surface area contributed by atoms with Crippen LogP contribution in [0.1, 0.15) is 30.0 Å². The fourth-order valence-corrected chi connectivity index (χ4v) is 4.85. The predicted octanol–water partition coefficient (Wildman–Crippen LogP) is 4.61. The molecule has 2 aromatic rings. The van der Waals surface area contributed by atoms with Crippen molar-refractivity contribution in [3.63, 3.8) is 0 Å². The summed E-state index contributed by atoms with van der Waals surface area (Å²) in [4.78, 5) is 12.4. The van der Waals surface area contributed by atoms with Crippen LogP contribution in [0.25, 0.3) is 0 Å². The largest absolute Gasteiger partial charge is 0.349 e. The number of carbonyl (C=O) groups is 1. The van der Waals surface area contributed by atoms with Crippen molar-refractivity contribution in [2.45, 2.75) is 30.2 Å². The van der Waals surface area contributed by atoms with Gasteiger partial charge in [-0.2, -0.15) is 0 Å². The molecule has 0 heterocycles. The van der Waals surface area contributed by atoms with Crippen LogP contribution < -0.4 is 5.32 Å². The van der Waals surface area contributed by atoms with Crippen molar-refractivity contribution in [1.29, 1.82) is 0 Å². The summed E-state index contributed by atoms with van der Waals surface area (Å²) in [5, 5.41) is 4.36. The molecule has 0 fully saturated rings. The average Bonchev–Trinajstić information content (AvgIpc) is 3.00. The molecule has 3 rings (SSSR count). The zero-order chi connectivity index (χ0) is 18.9. The lowest BCUT2D eigenvalue weighted by molar-refractivity contribution is -0.121. The van der Waals surface area contributed by atoms with Crippen molar-refractivity contribution in [3.8, 4) is 0 Å². The Bertz CT molecular complexity index is 943. The highest BCUT2D eigenvalue weighted by Gasteiger charge is 2.27. The first kappa shape index (κ1) is 19.5. The quantitative estimate of drug-likeness (QED) is 0.750. The SMILES string of the molecule is O=C(CCS(=O)(=O)c1ccc(Cl)cc1)NC1CCc2c1ccc(Cl)c2Cl. The highest BCUT2D eigenvalue weighted by Crippen LogP contribution is 2.39. The number of fused-ring (bicyclic) bond motifs is 1. The van der Waals surface area contributed by atoms with E-state index in [9.17, 15) is 13.2 Å². The van der Waals surface area contributed by atoms with E-state index in [-0.39, 0.29) is 29.0 Å². The van der Waals surface area contributed by atoms with Gasteiger partial charge < -0.3 is 5.32 Å². The van der Waals surface area contributed by atoms with Crippen molar-refractivity contribution < 1.29 is 13.2 Å². The van der Waals surface area contributed by atoms with Crippen LogP contribution in [0.15, 0.2) is 41.3 Å². The second kappa shape index (κ2) is 7.77. The van der Waals surface area contributed by atoms with Crippen molar-refractivity contribution in [2.24, 2.45) is 0 Å². The lowest BCUT2D eigenvalue weighted by Gasteiger charge is -2.15. The molecule has 0 spiro atoms. The Balaban J connectivity index is 1.62. The van der Waals surface area contributed by atoms with Gasteiger partial charge in [0.05, 0.1) is 26.7 Å². The highest BCUT2D eigenvalue weighted by molar-refractivity contribution is 7.91. The summed E-state index contributed by atoms with van der Waals surface area (Å²) in [6.07, 6.45) is 1.33. The zero-order valence-electron chi connectivity index (χ0n) is 13.6. The minimum absolute atomic E-state index is 0.113. The van der Waals surface area contributed by atoms with Crippen molar-refractivity contribution in [3.05, 3.63) is 62.6 Å². The van der Waals surface area contributed by atoms with E-state index in [0.29, 0.717) is 21.5 Å². The first-order valence-corrected chi connectivity index (χ1v) is 10.8. The number of hydrogen-bond donors (Lipinski definition) is 1. The second-order valence-electron chi connectivity index (χ2n) is 6.11. The number of carbonyl (C=O) groups excluding carboxylic acids is 1. The summed E-state index contributed by atoms with van der Waals surface area (Å²) in [5.41, 5.74) is 1.88. The first-order valence-electron chi connectivity index (χ1n) is 8.02. The van der Waals surface area contributed by atoms with E-state index >= 15 is 0 Å². The van der Waals surface area contributed by atoms with Crippen molar-refractivity contribution >= 4 is 50.5 Å². The van der Waals surface area contributed by atoms with Crippen LogP contribution in [0, 0.1) is 0 Å². The fraction of sp³-hybridized carbons (Fsp3) is 0.278. The smallest absolute Gasteiger partial charge is 0.221 e. The molecule has 0 saturated heterocycles. The number of hydrogen-bond acceptors (Lipinski definition) is 3. The standard InChI is InChI=1S/C18H16Cl3NO3S/c19-11-1-3-12(4-2-11)26(24,25)10-9-17(23)22-16-8-6-14-13(16)5-7-15(20)18(14)21/h1-5,7,16H,6,8-10H2,(H,22,23). The molecule has 2 aromatic carbocycles. The van der Waals surface area contributed by atoms with Crippen LogP contribution in [-0.2, 0) is 21.1 Å². The highest BCUT2D eigenvalue weighted by atomic mass is 35.5. The third-order valence-electron chi connectivity index (χ3n) is 4.40. The number of benzene rings is 2. The maximum Gasteiger partial charge on any atom is 0.221 e. The Hall–Kier alpha value is -1.27. The lowest BCUT2D eigenvalue weighted by Crippen LogP contribution is -2.28. The Morgan fingerprint density at radius 2 is 1.77 bits per heavy atom. The average molecular weight is 433 g/mol. The number of sulfone groups is 1. The molecular weight excluding hydrogens is 417 g/mol. The van der Waals surface area contributed by atoms with E-state index in [1.807, 2.05) is 6.07 Å². The molecule has 0 radical (unpaired) electrons. The molecule has 1 atom stereocenters. The van der Waals surface area contributed by atoms with Gasteiger partial charge in [-0.1, -0.05) is 40.9 Å².